The van der Waals surface area contributed by atoms with Crippen molar-refractivity contribution in [3.05, 3.63) is 24.0 Å². The molecule has 0 bridgehead atoms. The summed E-state index contributed by atoms with van der Waals surface area (Å²) in [5.74, 6) is -1.33. The predicted octanol–water partition coefficient (Wildman–Crippen LogP) is -0.242. The lowest BCUT2D eigenvalue weighted by Crippen LogP contribution is -2.30. The first-order chi connectivity index (χ1) is 6.18. The average Bonchev–Trinajstić information content (AvgIpc) is 2.53. The molecule has 0 saturated heterocycles. The Bertz CT molecular complexity index is 292. The number of carbonyl (C=O) groups excluding carboxylic acids is 1. The van der Waals surface area contributed by atoms with Crippen LogP contribution < -0.4 is 5.32 Å². The highest BCUT2D eigenvalue weighted by Gasteiger charge is 2.04. The lowest BCUT2D eigenvalue weighted by Gasteiger charge is -1.99. The third-order valence-electron chi connectivity index (χ3n) is 1.46. The molecule has 5 nitrogen and oxygen atoms in total. The molecule has 1 rings (SSSR count). The van der Waals surface area contributed by atoms with Crippen molar-refractivity contribution in [2.24, 2.45) is 0 Å². The van der Waals surface area contributed by atoms with E-state index in [2.05, 4.69) is 10.3 Å². The van der Waals surface area contributed by atoms with Crippen LogP contribution in [0.1, 0.15) is 5.56 Å². The van der Waals surface area contributed by atoms with Gasteiger partial charge in [0.15, 0.2) is 0 Å². The van der Waals surface area contributed by atoms with E-state index in [4.69, 9.17) is 5.11 Å². The van der Waals surface area contributed by atoms with Crippen molar-refractivity contribution in [2.75, 3.05) is 6.54 Å². The molecule has 0 aliphatic rings. The zero-order valence-corrected chi connectivity index (χ0v) is 6.91. The molecule has 3 N–H and O–H groups in total. The minimum Gasteiger partial charge on any atom is -0.480 e. The largest absolute Gasteiger partial charge is 0.480 e. The fourth-order valence-electron chi connectivity index (χ4n) is 0.890. The summed E-state index contributed by atoms with van der Waals surface area (Å²) < 4.78 is 0. The lowest BCUT2D eigenvalue weighted by atomic mass is 10.2. The molecule has 0 aliphatic heterocycles. The zero-order chi connectivity index (χ0) is 9.68. The zero-order valence-electron chi connectivity index (χ0n) is 6.91. The van der Waals surface area contributed by atoms with Crippen molar-refractivity contribution >= 4 is 11.9 Å². The third-order valence-corrected chi connectivity index (χ3v) is 1.46. The van der Waals surface area contributed by atoms with E-state index >= 15 is 0 Å². The van der Waals surface area contributed by atoms with E-state index in [1.165, 1.54) is 0 Å². The quantitative estimate of drug-likeness (QED) is 0.601. The standard InChI is InChI=1S/C8H10N2O3/c11-7(10-5-8(12)13)3-6-1-2-9-4-6/h1-2,4,9H,3,5H2,(H,10,11)(H,12,13). The number of H-pyrrole nitrogens is 1. The van der Waals surface area contributed by atoms with E-state index in [0.29, 0.717) is 0 Å². The van der Waals surface area contributed by atoms with E-state index in [1.807, 2.05) is 0 Å². The number of amides is 1. The molecule has 70 valence electrons. The molecule has 0 unspecified atom stereocenters. The van der Waals surface area contributed by atoms with E-state index < -0.39 is 5.97 Å². The van der Waals surface area contributed by atoms with Gasteiger partial charge in [-0.1, -0.05) is 0 Å². The van der Waals surface area contributed by atoms with Crippen LogP contribution in [-0.2, 0) is 16.0 Å². The summed E-state index contributed by atoms with van der Waals surface area (Å²) in [6.07, 6.45) is 3.61. The van der Waals surface area contributed by atoms with E-state index in [9.17, 15) is 9.59 Å². The van der Waals surface area contributed by atoms with E-state index in [0.717, 1.165) is 5.56 Å². The van der Waals surface area contributed by atoms with Gasteiger partial charge < -0.3 is 15.4 Å². The van der Waals surface area contributed by atoms with Gasteiger partial charge in [-0.15, -0.1) is 0 Å². The number of aromatic nitrogens is 1. The number of rotatable bonds is 4. The molecule has 0 spiro atoms. The van der Waals surface area contributed by atoms with Gasteiger partial charge in [0.25, 0.3) is 0 Å². The molecule has 0 radical (unpaired) electrons. The molecular weight excluding hydrogens is 172 g/mol. The summed E-state index contributed by atoms with van der Waals surface area (Å²) in [5.41, 5.74) is 0.836. The predicted molar refractivity (Wildman–Crippen MR) is 45.1 cm³/mol. The summed E-state index contributed by atoms with van der Waals surface area (Å²) in [4.78, 5) is 23.9. The second kappa shape index (κ2) is 4.30. The summed E-state index contributed by atoms with van der Waals surface area (Å²) in [7, 11) is 0. The Morgan fingerprint density at radius 2 is 2.31 bits per heavy atom. The second-order valence-corrected chi connectivity index (χ2v) is 2.57. The van der Waals surface area contributed by atoms with Gasteiger partial charge in [0.05, 0.1) is 6.42 Å². The molecule has 0 atom stereocenters. The Morgan fingerprint density at radius 1 is 1.54 bits per heavy atom. The highest BCUT2D eigenvalue weighted by molar-refractivity contribution is 5.82. The number of carboxylic acids is 1. The smallest absolute Gasteiger partial charge is 0.322 e. The Hall–Kier alpha value is -1.78. The first-order valence-electron chi connectivity index (χ1n) is 3.78. The molecule has 1 heterocycles. The fraction of sp³-hybridized carbons (Fsp3) is 0.250. The molecule has 1 aromatic heterocycles. The van der Waals surface area contributed by atoms with Crippen LogP contribution in [0, 0.1) is 0 Å². The number of hydrogen-bond acceptors (Lipinski definition) is 2. The molecule has 0 aliphatic carbocycles. The van der Waals surface area contributed by atoms with Gasteiger partial charge >= 0.3 is 5.97 Å². The van der Waals surface area contributed by atoms with E-state index in [1.54, 1.807) is 18.5 Å². The van der Waals surface area contributed by atoms with Gasteiger partial charge in [0.2, 0.25) is 5.91 Å². The average molecular weight is 182 g/mol. The number of nitrogens with one attached hydrogen (secondary N) is 2. The monoisotopic (exact) mass is 182 g/mol. The topological polar surface area (TPSA) is 82.2 Å². The normalized spacial score (nSPS) is 9.54. The first kappa shape index (κ1) is 9.31. The van der Waals surface area contributed by atoms with Crippen LogP contribution in [-0.4, -0.2) is 28.5 Å². The highest BCUT2D eigenvalue weighted by Crippen LogP contribution is 1.96. The first-order valence-corrected chi connectivity index (χ1v) is 3.78. The van der Waals surface area contributed by atoms with Crippen LogP contribution in [0.3, 0.4) is 0 Å². The molecule has 0 aromatic carbocycles. The van der Waals surface area contributed by atoms with E-state index in [-0.39, 0.29) is 18.9 Å². The van der Waals surface area contributed by atoms with Gasteiger partial charge in [-0.2, -0.15) is 0 Å². The number of aliphatic carboxylic acids is 1. The summed E-state index contributed by atoms with van der Waals surface area (Å²) in [6, 6.07) is 1.76. The van der Waals surface area contributed by atoms with Gasteiger partial charge in [0, 0.05) is 12.4 Å². The van der Waals surface area contributed by atoms with Crippen molar-refractivity contribution < 1.29 is 14.7 Å². The minimum absolute atomic E-state index is 0.205. The molecular formula is C8H10N2O3. The molecule has 0 saturated carbocycles. The fourth-order valence-corrected chi connectivity index (χ4v) is 0.890. The maximum atomic E-state index is 11.0. The lowest BCUT2D eigenvalue weighted by molar-refractivity contribution is -0.137. The Morgan fingerprint density at radius 3 is 2.85 bits per heavy atom. The van der Waals surface area contributed by atoms with Crippen molar-refractivity contribution in [3.63, 3.8) is 0 Å². The van der Waals surface area contributed by atoms with Crippen LogP contribution in [0.15, 0.2) is 18.5 Å². The SMILES string of the molecule is O=C(O)CNC(=O)Cc1cc[nH]c1. The van der Waals surface area contributed by atoms with Crippen molar-refractivity contribution in [1.29, 1.82) is 0 Å². The molecule has 13 heavy (non-hydrogen) atoms. The van der Waals surface area contributed by atoms with Crippen molar-refractivity contribution in [2.45, 2.75) is 6.42 Å². The molecule has 0 fully saturated rings. The number of carbonyl (C=O) groups is 2. The third kappa shape index (κ3) is 3.42. The maximum absolute atomic E-state index is 11.0. The van der Waals surface area contributed by atoms with Crippen LogP contribution in [0.25, 0.3) is 0 Å². The van der Waals surface area contributed by atoms with Gasteiger partial charge in [-0.3, -0.25) is 9.59 Å². The van der Waals surface area contributed by atoms with Gasteiger partial charge in [-0.05, 0) is 11.6 Å². The summed E-state index contributed by atoms with van der Waals surface area (Å²) in [6.45, 7) is -0.330. The Kier molecular flexibility index (Phi) is 3.08. The Labute approximate surface area is 74.8 Å². The molecule has 5 heteroatoms. The van der Waals surface area contributed by atoms with Gasteiger partial charge in [0.1, 0.15) is 6.54 Å². The molecule has 1 amide bonds. The Balaban J connectivity index is 2.30. The van der Waals surface area contributed by atoms with Gasteiger partial charge in [-0.25, -0.2) is 0 Å². The minimum atomic E-state index is -1.04. The van der Waals surface area contributed by atoms with Crippen LogP contribution in [0.2, 0.25) is 0 Å². The number of carboxylic acid groups (broad SMARTS) is 1. The summed E-state index contributed by atoms with van der Waals surface area (Å²) in [5, 5.41) is 10.5. The highest BCUT2D eigenvalue weighted by atomic mass is 16.4. The maximum Gasteiger partial charge on any atom is 0.322 e. The van der Waals surface area contributed by atoms with Crippen molar-refractivity contribution in [1.82, 2.24) is 10.3 Å². The van der Waals surface area contributed by atoms with Crippen LogP contribution >= 0.6 is 0 Å². The second-order valence-electron chi connectivity index (χ2n) is 2.57. The number of aromatic amines is 1. The van der Waals surface area contributed by atoms with Crippen molar-refractivity contribution in [3.8, 4) is 0 Å². The summed E-state index contributed by atoms with van der Waals surface area (Å²) >= 11 is 0. The molecule has 1 aromatic rings. The number of hydrogen-bond donors (Lipinski definition) is 3. The van der Waals surface area contributed by atoms with Crippen LogP contribution in [0.4, 0.5) is 0 Å². The van der Waals surface area contributed by atoms with Crippen LogP contribution in [0.5, 0.6) is 0 Å².